The minimum absolute atomic E-state index is 0.147. The first-order valence-electron chi connectivity index (χ1n) is 4.68. The summed E-state index contributed by atoms with van der Waals surface area (Å²) in [5.74, 6) is -4.18. The van der Waals surface area contributed by atoms with E-state index < -0.39 is 24.3 Å². The van der Waals surface area contributed by atoms with Crippen LogP contribution in [0.25, 0.3) is 0 Å². The van der Waals surface area contributed by atoms with Gasteiger partial charge in [0, 0.05) is 12.5 Å². The molecule has 0 unspecified atom stereocenters. The summed E-state index contributed by atoms with van der Waals surface area (Å²) in [7, 11) is 0. The maximum absolute atomic E-state index is 12.3. The molecule has 0 fully saturated rings. The van der Waals surface area contributed by atoms with E-state index in [1.165, 1.54) is 0 Å². The summed E-state index contributed by atoms with van der Waals surface area (Å²) in [6.07, 6.45) is 0.281. The molecule has 0 rings (SSSR count). The average molecular weight is 236 g/mol. The fourth-order valence-electron chi connectivity index (χ4n) is 0.710. The molecule has 0 amide bonds. The molecule has 0 aliphatic heterocycles. The van der Waals surface area contributed by atoms with Gasteiger partial charge in [-0.15, -0.1) is 0 Å². The van der Waals surface area contributed by atoms with Crippen LogP contribution < -0.4 is 0 Å². The third-order valence-corrected chi connectivity index (χ3v) is 1.52. The second kappa shape index (κ2) is 6.92. The van der Waals surface area contributed by atoms with Crippen molar-refractivity contribution in [3.05, 3.63) is 12.7 Å². The standard InChI is InChI=1S/C10H14F2O4/c1-3-8(13)15-6-4-9(14)16-7-5-10(2,11)12/h3H,1,4-7H2,2H3. The Kier molecular flexibility index (Phi) is 6.29. The van der Waals surface area contributed by atoms with E-state index in [1.807, 2.05) is 0 Å². The van der Waals surface area contributed by atoms with E-state index in [0.29, 0.717) is 0 Å². The summed E-state index contributed by atoms with van der Waals surface area (Å²) in [5.41, 5.74) is 0. The molecule has 0 aliphatic rings. The Morgan fingerprint density at radius 3 is 2.44 bits per heavy atom. The first-order chi connectivity index (χ1) is 7.35. The molecule has 0 radical (unpaired) electrons. The number of esters is 2. The molecule has 0 aromatic heterocycles. The van der Waals surface area contributed by atoms with Crippen molar-refractivity contribution in [1.29, 1.82) is 0 Å². The Hall–Kier alpha value is -1.46. The third kappa shape index (κ3) is 9.11. The molecular weight excluding hydrogens is 222 g/mol. The van der Waals surface area contributed by atoms with Crippen LogP contribution in [0.1, 0.15) is 19.8 Å². The number of rotatable bonds is 7. The minimum Gasteiger partial charge on any atom is -0.465 e. The van der Waals surface area contributed by atoms with Gasteiger partial charge < -0.3 is 9.47 Å². The van der Waals surface area contributed by atoms with Gasteiger partial charge in [0.2, 0.25) is 5.92 Å². The summed E-state index contributed by atoms with van der Waals surface area (Å²) in [4.78, 5) is 21.5. The molecule has 0 aromatic rings. The topological polar surface area (TPSA) is 52.6 Å². The molecule has 0 N–H and O–H groups in total. The van der Waals surface area contributed by atoms with Crippen LogP contribution in [0.4, 0.5) is 8.78 Å². The SMILES string of the molecule is C=CC(=O)OCCC(=O)OCCC(C)(F)F. The fraction of sp³-hybridized carbons (Fsp3) is 0.600. The van der Waals surface area contributed by atoms with Gasteiger partial charge in [-0.2, -0.15) is 0 Å². The van der Waals surface area contributed by atoms with Gasteiger partial charge >= 0.3 is 11.9 Å². The molecule has 0 aliphatic carbocycles. The molecule has 16 heavy (non-hydrogen) atoms. The lowest BCUT2D eigenvalue weighted by Crippen LogP contribution is -2.17. The molecule has 0 heterocycles. The van der Waals surface area contributed by atoms with E-state index in [9.17, 15) is 18.4 Å². The van der Waals surface area contributed by atoms with Crippen LogP contribution >= 0.6 is 0 Å². The molecule has 0 saturated carbocycles. The van der Waals surface area contributed by atoms with Gasteiger partial charge in [-0.25, -0.2) is 13.6 Å². The van der Waals surface area contributed by atoms with Crippen molar-refractivity contribution >= 4 is 11.9 Å². The Labute approximate surface area is 92.2 Å². The first kappa shape index (κ1) is 14.5. The molecule has 0 aromatic carbocycles. The van der Waals surface area contributed by atoms with Crippen LogP contribution in [0.15, 0.2) is 12.7 Å². The van der Waals surface area contributed by atoms with Crippen LogP contribution in [-0.4, -0.2) is 31.1 Å². The Morgan fingerprint density at radius 1 is 1.31 bits per heavy atom. The number of carbonyl (C=O) groups excluding carboxylic acids is 2. The third-order valence-electron chi connectivity index (χ3n) is 1.52. The number of hydrogen-bond donors (Lipinski definition) is 0. The maximum Gasteiger partial charge on any atom is 0.330 e. The van der Waals surface area contributed by atoms with Crippen molar-refractivity contribution in [2.75, 3.05) is 13.2 Å². The van der Waals surface area contributed by atoms with Gasteiger partial charge in [0.05, 0.1) is 13.0 Å². The van der Waals surface area contributed by atoms with Gasteiger partial charge in [0.15, 0.2) is 0 Å². The molecular formula is C10H14F2O4. The minimum atomic E-state index is -2.85. The van der Waals surface area contributed by atoms with Crippen LogP contribution in [0, 0.1) is 0 Å². The second-order valence-electron chi connectivity index (χ2n) is 3.16. The molecule has 0 atom stereocenters. The number of halogens is 2. The van der Waals surface area contributed by atoms with Crippen molar-refractivity contribution < 1.29 is 27.8 Å². The fourth-order valence-corrected chi connectivity index (χ4v) is 0.710. The summed E-state index contributed by atoms with van der Waals surface area (Å²) in [6, 6.07) is 0. The zero-order valence-electron chi connectivity index (χ0n) is 9.00. The average Bonchev–Trinajstić information content (AvgIpc) is 2.15. The highest BCUT2D eigenvalue weighted by atomic mass is 19.3. The molecule has 0 saturated heterocycles. The lowest BCUT2D eigenvalue weighted by molar-refractivity contribution is -0.148. The molecule has 6 heteroatoms. The number of ether oxygens (including phenoxy) is 2. The van der Waals surface area contributed by atoms with Gasteiger partial charge in [-0.3, -0.25) is 4.79 Å². The Bertz CT molecular complexity index is 258. The Balaban J connectivity index is 3.53. The summed E-state index contributed by atoms with van der Waals surface area (Å²) in [6.45, 7) is 3.41. The number of hydrogen-bond acceptors (Lipinski definition) is 4. The highest BCUT2D eigenvalue weighted by molar-refractivity contribution is 5.81. The van der Waals surface area contributed by atoms with Crippen molar-refractivity contribution in [3.63, 3.8) is 0 Å². The molecule has 4 nitrogen and oxygen atoms in total. The highest BCUT2D eigenvalue weighted by Gasteiger charge is 2.21. The summed E-state index contributed by atoms with van der Waals surface area (Å²) >= 11 is 0. The van der Waals surface area contributed by atoms with E-state index in [-0.39, 0.29) is 19.6 Å². The van der Waals surface area contributed by atoms with E-state index in [2.05, 4.69) is 16.1 Å². The van der Waals surface area contributed by atoms with Gasteiger partial charge in [0.25, 0.3) is 0 Å². The van der Waals surface area contributed by atoms with Gasteiger partial charge in [-0.1, -0.05) is 6.58 Å². The van der Waals surface area contributed by atoms with E-state index in [0.717, 1.165) is 13.0 Å². The van der Waals surface area contributed by atoms with Crippen molar-refractivity contribution in [3.8, 4) is 0 Å². The lowest BCUT2D eigenvalue weighted by atomic mass is 10.3. The predicted molar refractivity (Wildman–Crippen MR) is 52.0 cm³/mol. The van der Waals surface area contributed by atoms with Gasteiger partial charge in [-0.05, 0) is 6.92 Å². The van der Waals surface area contributed by atoms with Crippen LogP contribution in [-0.2, 0) is 19.1 Å². The second-order valence-corrected chi connectivity index (χ2v) is 3.16. The van der Waals surface area contributed by atoms with E-state index in [4.69, 9.17) is 0 Å². The highest BCUT2D eigenvalue weighted by Crippen LogP contribution is 2.16. The van der Waals surface area contributed by atoms with E-state index in [1.54, 1.807) is 0 Å². The maximum atomic E-state index is 12.3. The van der Waals surface area contributed by atoms with Crippen LogP contribution in [0.2, 0.25) is 0 Å². The summed E-state index contributed by atoms with van der Waals surface area (Å²) in [5, 5.41) is 0. The van der Waals surface area contributed by atoms with Crippen LogP contribution in [0.5, 0.6) is 0 Å². The smallest absolute Gasteiger partial charge is 0.330 e. The Morgan fingerprint density at radius 2 is 1.94 bits per heavy atom. The van der Waals surface area contributed by atoms with E-state index >= 15 is 0 Å². The number of alkyl halides is 2. The van der Waals surface area contributed by atoms with Crippen LogP contribution in [0.3, 0.4) is 0 Å². The monoisotopic (exact) mass is 236 g/mol. The van der Waals surface area contributed by atoms with Gasteiger partial charge in [0.1, 0.15) is 6.61 Å². The molecule has 0 bridgehead atoms. The molecule has 0 spiro atoms. The number of carbonyl (C=O) groups is 2. The normalized spacial score (nSPS) is 10.7. The predicted octanol–water partition coefficient (Wildman–Crippen LogP) is 1.69. The largest absolute Gasteiger partial charge is 0.465 e. The van der Waals surface area contributed by atoms with Crippen molar-refractivity contribution in [1.82, 2.24) is 0 Å². The van der Waals surface area contributed by atoms with Crippen molar-refractivity contribution in [2.45, 2.75) is 25.7 Å². The summed E-state index contributed by atoms with van der Waals surface area (Å²) < 4.78 is 33.6. The molecule has 92 valence electrons. The van der Waals surface area contributed by atoms with Crippen molar-refractivity contribution in [2.24, 2.45) is 0 Å². The zero-order valence-corrected chi connectivity index (χ0v) is 9.00. The first-order valence-corrected chi connectivity index (χ1v) is 4.68. The lowest BCUT2D eigenvalue weighted by Gasteiger charge is -2.10. The quantitative estimate of drug-likeness (QED) is 0.498. The zero-order chi connectivity index (χ0) is 12.6.